The molecule has 5 nitrogen and oxygen atoms in total. The van der Waals surface area contributed by atoms with E-state index in [0.29, 0.717) is 17.9 Å². The summed E-state index contributed by atoms with van der Waals surface area (Å²) in [5, 5.41) is 13.9. The lowest BCUT2D eigenvalue weighted by Gasteiger charge is -2.18. The summed E-state index contributed by atoms with van der Waals surface area (Å²) in [5.41, 5.74) is -0.473. The van der Waals surface area contributed by atoms with Crippen molar-refractivity contribution in [3.05, 3.63) is 51.9 Å². The number of rotatable bonds is 3. The molecule has 1 aromatic carbocycles. The van der Waals surface area contributed by atoms with E-state index in [2.05, 4.69) is 5.16 Å². The second-order valence-electron chi connectivity index (χ2n) is 6.37. The molecule has 1 fully saturated rings. The number of β-amino-alcohol motifs (C(OH)–C–C–N with tert-alkyl or cyclic N) is 1. The number of aryl methyl sites for hydroxylation is 1. The fraction of sp³-hybridized carbons (Fsp3) is 0.412. The van der Waals surface area contributed by atoms with Crippen LogP contribution in [-0.2, 0) is 12.6 Å². The Morgan fingerprint density at radius 3 is 2.73 bits per heavy atom. The van der Waals surface area contributed by atoms with Gasteiger partial charge in [-0.05, 0) is 25.1 Å². The molecule has 0 aliphatic carbocycles. The Balaban J connectivity index is 1.76. The number of benzene rings is 1. The van der Waals surface area contributed by atoms with Crippen LogP contribution in [0.2, 0.25) is 5.02 Å². The van der Waals surface area contributed by atoms with E-state index in [1.807, 2.05) is 0 Å². The van der Waals surface area contributed by atoms with E-state index in [1.54, 1.807) is 13.0 Å². The van der Waals surface area contributed by atoms with Crippen LogP contribution in [-0.4, -0.2) is 40.3 Å². The molecule has 0 unspecified atom stereocenters. The third-order valence-corrected chi connectivity index (χ3v) is 4.69. The maximum absolute atomic E-state index is 12.9. The first-order valence-corrected chi connectivity index (χ1v) is 8.29. The molecule has 1 saturated heterocycles. The molecule has 0 radical (unpaired) electrons. The van der Waals surface area contributed by atoms with Gasteiger partial charge in [0.15, 0.2) is 0 Å². The highest BCUT2D eigenvalue weighted by Gasteiger charge is 2.37. The molecule has 0 bridgehead atoms. The second-order valence-corrected chi connectivity index (χ2v) is 6.78. The first-order valence-electron chi connectivity index (χ1n) is 7.91. The van der Waals surface area contributed by atoms with Crippen molar-refractivity contribution in [3.8, 4) is 0 Å². The average molecular weight is 389 g/mol. The predicted molar refractivity (Wildman–Crippen MR) is 86.8 cm³/mol. The van der Waals surface area contributed by atoms with Crippen molar-refractivity contribution in [2.24, 2.45) is 5.92 Å². The van der Waals surface area contributed by atoms with E-state index >= 15 is 0 Å². The van der Waals surface area contributed by atoms with E-state index in [9.17, 15) is 23.1 Å². The van der Waals surface area contributed by atoms with E-state index in [-0.39, 0.29) is 29.6 Å². The van der Waals surface area contributed by atoms with Gasteiger partial charge in [0.25, 0.3) is 5.91 Å². The minimum atomic E-state index is -4.57. The topological polar surface area (TPSA) is 66.6 Å². The van der Waals surface area contributed by atoms with E-state index < -0.39 is 23.8 Å². The Kier molecular flexibility index (Phi) is 4.98. The molecule has 0 spiro atoms. The van der Waals surface area contributed by atoms with Crippen LogP contribution < -0.4 is 0 Å². The van der Waals surface area contributed by atoms with Crippen molar-refractivity contribution < 1.29 is 27.6 Å². The fourth-order valence-corrected chi connectivity index (χ4v) is 3.23. The number of amides is 1. The van der Waals surface area contributed by atoms with E-state index in [0.717, 1.165) is 18.2 Å². The third-order valence-electron chi connectivity index (χ3n) is 4.36. The second kappa shape index (κ2) is 6.92. The average Bonchev–Trinajstić information content (AvgIpc) is 3.12. The summed E-state index contributed by atoms with van der Waals surface area (Å²) < 4.78 is 43.8. The SMILES string of the molecule is Cc1cc(C[C@@H]2CN(C(=O)c3cc(C(F)(F)F)ccc3Cl)C[C@@H]2O)on1. The zero-order chi connectivity index (χ0) is 19.1. The highest BCUT2D eigenvalue weighted by atomic mass is 35.5. The van der Waals surface area contributed by atoms with Crippen LogP contribution in [0.15, 0.2) is 28.8 Å². The first kappa shape index (κ1) is 18.7. The Hall–Kier alpha value is -2.06. The van der Waals surface area contributed by atoms with Crippen molar-refractivity contribution >= 4 is 17.5 Å². The Morgan fingerprint density at radius 2 is 2.12 bits per heavy atom. The predicted octanol–water partition coefficient (Wildman–Crippen LogP) is 3.33. The lowest BCUT2D eigenvalue weighted by atomic mass is 10.0. The molecule has 9 heteroatoms. The normalized spacial score (nSPS) is 20.6. The van der Waals surface area contributed by atoms with Gasteiger partial charge in [-0.3, -0.25) is 4.79 Å². The molecule has 3 rings (SSSR count). The molecular formula is C17H16ClF3N2O3. The smallest absolute Gasteiger partial charge is 0.391 e. The summed E-state index contributed by atoms with van der Waals surface area (Å²) in [6.07, 6.45) is -5.01. The van der Waals surface area contributed by atoms with Gasteiger partial charge in [-0.15, -0.1) is 0 Å². The molecule has 1 aliphatic rings. The van der Waals surface area contributed by atoms with Crippen LogP contribution >= 0.6 is 11.6 Å². The van der Waals surface area contributed by atoms with Gasteiger partial charge < -0.3 is 14.5 Å². The highest BCUT2D eigenvalue weighted by molar-refractivity contribution is 6.33. The molecule has 1 aromatic heterocycles. The number of alkyl halides is 3. The van der Waals surface area contributed by atoms with E-state index in [4.69, 9.17) is 16.1 Å². The zero-order valence-electron chi connectivity index (χ0n) is 13.8. The first-order chi connectivity index (χ1) is 12.1. The van der Waals surface area contributed by atoms with Gasteiger partial charge in [-0.25, -0.2) is 0 Å². The van der Waals surface area contributed by atoms with Gasteiger partial charge in [-0.2, -0.15) is 13.2 Å². The lowest BCUT2D eigenvalue weighted by Crippen LogP contribution is -2.30. The summed E-state index contributed by atoms with van der Waals surface area (Å²) in [6, 6.07) is 4.36. The molecule has 140 valence electrons. The molecule has 1 aliphatic heterocycles. The Morgan fingerprint density at radius 1 is 1.38 bits per heavy atom. The molecule has 2 heterocycles. The van der Waals surface area contributed by atoms with E-state index in [1.165, 1.54) is 4.90 Å². The van der Waals surface area contributed by atoms with Crippen molar-refractivity contribution in [1.29, 1.82) is 0 Å². The molecular weight excluding hydrogens is 373 g/mol. The lowest BCUT2D eigenvalue weighted by molar-refractivity contribution is -0.137. The molecule has 0 saturated carbocycles. The standard InChI is InChI=1S/C17H16ClF3N2O3/c1-9-4-12(26-22-9)5-10-7-23(8-15(10)24)16(25)13-6-11(17(19,20)21)2-3-14(13)18/h2-4,6,10,15,24H,5,7-8H2,1H3/t10-,15+/m1/s1. The van der Waals surface area contributed by atoms with Gasteiger partial charge in [0.05, 0.1) is 27.9 Å². The third kappa shape index (κ3) is 3.86. The maximum atomic E-state index is 12.9. The number of halogens is 4. The number of likely N-dealkylation sites (tertiary alicyclic amines) is 1. The van der Waals surface area contributed by atoms with Crippen LogP contribution in [0.3, 0.4) is 0 Å². The number of hydrogen-bond donors (Lipinski definition) is 1. The number of nitrogens with zero attached hydrogens (tertiary/aromatic N) is 2. The van der Waals surface area contributed by atoms with Gasteiger partial charge in [-0.1, -0.05) is 16.8 Å². The number of carbonyl (C=O) groups is 1. The number of carbonyl (C=O) groups excluding carboxylic acids is 1. The molecule has 26 heavy (non-hydrogen) atoms. The van der Waals surface area contributed by atoms with Gasteiger partial charge >= 0.3 is 6.18 Å². The number of hydrogen-bond acceptors (Lipinski definition) is 4. The minimum absolute atomic E-state index is 0.0171. The summed E-state index contributed by atoms with van der Waals surface area (Å²) in [5.74, 6) is -0.356. The van der Waals surface area contributed by atoms with Crippen LogP contribution in [0.25, 0.3) is 0 Å². The van der Waals surface area contributed by atoms with Crippen molar-refractivity contribution in [1.82, 2.24) is 10.1 Å². The number of aromatic nitrogens is 1. The maximum Gasteiger partial charge on any atom is 0.416 e. The van der Waals surface area contributed by atoms with Crippen molar-refractivity contribution in [3.63, 3.8) is 0 Å². The largest absolute Gasteiger partial charge is 0.416 e. The monoisotopic (exact) mass is 388 g/mol. The number of aliphatic hydroxyl groups excluding tert-OH is 1. The summed E-state index contributed by atoms with van der Waals surface area (Å²) in [7, 11) is 0. The minimum Gasteiger partial charge on any atom is -0.391 e. The summed E-state index contributed by atoms with van der Waals surface area (Å²) >= 11 is 5.92. The number of aliphatic hydroxyl groups is 1. The fourth-order valence-electron chi connectivity index (χ4n) is 3.03. The van der Waals surface area contributed by atoms with Crippen LogP contribution in [0.1, 0.15) is 27.4 Å². The Labute approximate surface area is 152 Å². The van der Waals surface area contributed by atoms with Gasteiger partial charge in [0.2, 0.25) is 0 Å². The quantitative estimate of drug-likeness (QED) is 0.875. The zero-order valence-corrected chi connectivity index (χ0v) is 14.5. The highest BCUT2D eigenvalue weighted by Crippen LogP contribution is 2.33. The molecule has 2 aromatic rings. The van der Waals surface area contributed by atoms with Gasteiger partial charge in [0, 0.05) is 31.5 Å². The molecule has 2 atom stereocenters. The van der Waals surface area contributed by atoms with Crippen molar-refractivity contribution in [2.45, 2.75) is 25.6 Å². The van der Waals surface area contributed by atoms with Crippen molar-refractivity contribution in [2.75, 3.05) is 13.1 Å². The summed E-state index contributed by atoms with van der Waals surface area (Å²) in [4.78, 5) is 13.9. The molecule has 1 N–H and O–H groups in total. The Bertz CT molecular complexity index is 822. The van der Waals surface area contributed by atoms with Gasteiger partial charge in [0.1, 0.15) is 5.76 Å². The molecule has 1 amide bonds. The summed E-state index contributed by atoms with van der Waals surface area (Å²) in [6.45, 7) is 1.97. The van der Waals surface area contributed by atoms with Crippen LogP contribution in [0.4, 0.5) is 13.2 Å². The van der Waals surface area contributed by atoms with Crippen LogP contribution in [0.5, 0.6) is 0 Å². The van der Waals surface area contributed by atoms with Crippen LogP contribution in [0, 0.1) is 12.8 Å².